The van der Waals surface area contributed by atoms with E-state index >= 15 is 0 Å². The second-order valence-corrected chi connectivity index (χ2v) is 6.54. The van der Waals surface area contributed by atoms with Gasteiger partial charge in [-0.15, -0.1) is 0 Å². The molecule has 9 nitrogen and oxygen atoms in total. The number of hydrogen-bond donors (Lipinski definition) is 2. The van der Waals surface area contributed by atoms with E-state index in [9.17, 15) is 9.90 Å². The quantitative estimate of drug-likeness (QED) is 0.669. The molecule has 146 valence electrons. The van der Waals surface area contributed by atoms with Gasteiger partial charge in [0.15, 0.2) is 23.6 Å². The Morgan fingerprint density at radius 1 is 1.32 bits per heavy atom. The number of nitrogens with zero attached hydrogens (tertiary/aromatic N) is 4. The first-order valence-corrected chi connectivity index (χ1v) is 9.14. The Kier molecular flexibility index (Phi) is 5.18. The molecule has 1 aromatic carbocycles. The number of carbonyl (C=O) groups excluding carboxylic acids is 1. The fraction of sp³-hybridized carbons (Fsp3) is 0.368. The SMILES string of the molecule is CC[C@H]1O[C@@H](n2cnc3c(NC(=O)COc4ccccc4)ncnc32)CC1O. The van der Waals surface area contributed by atoms with E-state index in [0.29, 0.717) is 29.2 Å². The highest BCUT2D eigenvalue weighted by Gasteiger charge is 2.34. The first-order chi connectivity index (χ1) is 13.7. The molecule has 0 aliphatic carbocycles. The van der Waals surface area contributed by atoms with Gasteiger partial charge in [0, 0.05) is 6.42 Å². The number of aliphatic hydroxyl groups excluding tert-OH is 1. The normalized spacial score (nSPS) is 21.7. The van der Waals surface area contributed by atoms with Crippen LogP contribution < -0.4 is 10.1 Å². The van der Waals surface area contributed by atoms with Crippen LogP contribution >= 0.6 is 0 Å². The molecule has 0 radical (unpaired) electrons. The fourth-order valence-corrected chi connectivity index (χ4v) is 3.24. The van der Waals surface area contributed by atoms with Gasteiger partial charge < -0.3 is 19.9 Å². The summed E-state index contributed by atoms with van der Waals surface area (Å²) in [6, 6.07) is 9.09. The number of rotatable bonds is 6. The van der Waals surface area contributed by atoms with Crippen LogP contribution in [0.5, 0.6) is 5.75 Å². The van der Waals surface area contributed by atoms with Crippen molar-refractivity contribution in [2.45, 2.75) is 38.2 Å². The summed E-state index contributed by atoms with van der Waals surface area (Å²) >= 11 is 0. The zero-order valence-corrected chi connectivity index (χ0v) is 15.4. The van der Waals surface area contributed by atoms with E-state index < -0.39 is 6.10 Å². The molecule has 2 N–H and O–H groups in total. The third-order valence-electron chi connectivity index (χ3n) is 4.65. The van der Waals surface area contributed by atoms with Crippen LogP contribution in [-0.4, -0.2) is 49.3 Å². The summed E-state index contributed by atoms with van der Waals surface area (Å²) in [5.74, 6) is 0.560. The predicted molar refractivity (Wildman–Crippen MR) is 101 cm³/mol. The molecule has 4 rings (SSSR count). The minimum Gasteiger partial charge on any atom is -0.484 e. The summed E-state index contributed by atoms with van der Waals surface area (Å²) in [6.45, 7) is 1.82. The van der Waals surface area contributed by atoms with E-state index in [1.807, 2.05) is 25.1 Å². The smallest absolute Gasteiger partial charge is 0.263 e. The second kappa shape index (κ2) is 7.91. The molecule has 3 heterocycles. The van der Waals surface area contributed by atoms with Crippen molar-refractivity contribution in [2.75, 3.05) is 11.9 Å². The Balaban J connectivity index is 1.48. The number of aliphatic hydroxyl groups is 1. The molecule has 1 saturated heterocycles. The number of amides is 1. The fourth-order valence-electron chi connectivity index (χ4n) is 3.24. The maximum atomic E-state index is 12.2. The monoisotopic (exact) mass is 383 g/mol. The highest BCUT2D eigenvalue weighted by molar-refractivity contribution is 5.97. The van der Waals surface area contributed by atoms with E-state index in [4.69, 9.17) is 9.47 Å². The van der Waals surface area contributed by atoms with E-state index in [-0.39, 0.29) is 24.8 Å². The third-order valence-corrected chi connectivity index (χ3v) is 4.65. The number of aromatic nitrogens is 4. The minimum absolute atomic E-state index is 0.147. The summed E-state index contributed by atoms with van der Waals surface area (Å²) in [6.07, 6.45) is 3.04. The topological polar surface area (TPSA) is 111 Å². The Morgan fingerprint density at radius 2 is 2.14 bits per heavy atom. The molecule has 1 fully saturated rings. The zero-order valence-electron chi connectivity index (χ0n) is 15.4. The molecular weight excluding hydrogens is 362 g/mol. The van der Waals surface area contributed by atoms with E-state index in [1.165, 1.54) is 6.33 Å². The van der Waals surface area contributed by atoms with Crippen LogP contribution in [0.2, 0.25) is 0 Å². The van der Waals surface area contributed by atoms with Crippen molar-refractivity contribution < 1.29 is 19.4 Å². The molecule has 3 atom stereocenters. The number of imidazole rings is 1. The molecule has 0 saturated carbocycles. The van der Waals surface area contributed by atoms with Crippen molar-refractivity contribution in [1.29, 1.82) is 0 Å². The van der Waals surface area contributed by atoms with Crippen molar-refractivity contribution in [3.63, 3.8) is 0 Å². The lowest BCUT2D eigenvalue weighted by Crippen LogP contribution is -2.21. The summed E-state index contributed by atoms with van der Waals surface area (Å²) in [7, 11) is 0. The minimum atomic E-state index is -0.524. The molecular formula is C19H21N5O4. The maximum Gasteiger partial charge on any atom is 0.263 e. The average molecular weight is 383 g/mol. The number of ether oxygens (including phenoxy) is 2. The van der Waals surface area contributed by atoms with Gasteiger partial charge in [0.1, 0.15) is 18.3 Å². The molecule has 1 aliphatic heterocycles. The lowest BCUT2D eigenvalue weighted by atomic mass is 10.1. The first kappa shape index (κ1) is 18.3. The van der Waals surface area contributed by atoms with Crippen LogP contribution in [0.15, 0.2) is 43.0 Å². The number of para-hydroxylation sites is 1. The molecule has 28 heavy (non-hydrogen) atoms. The molecule has 1 aliphatic rings. The van der Waals surface area contributed by atoms with Gasteiger partial charge in [0.05, 0.1) is 18.5 Å². The van der Waals surface area contributed by atoms with Gasteiger partial charge in [0.25, 0.3) is 5.91 Å². The largest absolute Gasteiger partial charge is 0.484 e. The number of benzene rings is 1. The van der Waals surface area contributed by atoms with Gasteiger partial charge in [-0.05, 0) is 18.6 Å². The van der Waals surface area contributed by atoms with Gasteiger partial charge in [-0.2, -0.15) is 0 Å². The van der Waals surface area contributed by atoms with Crippen molar-refractivity contribution in [1.82, 2.24) is 19.5 Å². The van der Waals surface area contributed by atoms with Crippen molar-refractivity contribution in [2.24, 2.45) is 0 Å². The van der Waals surface area contributed by atoms with Crippen molar-refractivity contribution in [3.05, 3.63) is 43.0 Å². The van der Waals surface area contributed by atoms with E-state index in [0.717, 1.165) is 6.42 Å². The number of hydrogen-bond acceptors (Lipinski definition) is 7. The predicted octanol–water partition coefficient (Wildman–Crippen LogP) is 1.90. The highest BCUT2D eigenvalue weighted by atomic mass is 16.5. The van der Waals surface area contributed by atoms with E-state index in [2.05, 4.69) is 20.3 Å². The number of anilines is 1. The number of carbonyl (C=O) groups is 1. The lowest BCUT2D eigenvalue weighted by molar-refractivity contribution is -0.118. The Hall–Kier alpha value is -3.04. The van der Waals surface area contributed by atoms with Crippen molar-refractivity contribution in [3.8, 4) is 5.75 Å². The zero-order chi connectivity index (χ0) is 19.5. The maximum absolute atomic E-state index is 12.2. The molecule has 3 aromatic rings. The summed E-state index contributed by atoms with van der Waals surface area (Å²) in [4.78, 5) is 25.0. The summed E-state index contributed by atoms with van der Waals surface area (Å²) in [5.41, 5.74) is 0.983. The Morgan fingerprint density at radius 3 is 2.89 bits per heavy atom. The Bertz CT molecular complexity index is 961. The number of fused-ring (bicyclic) bond motifs is 1. The van der Waals surface area contributed by atoms with Crippen LogP contribution in [0.3, 0.4) is 0 Å². The lowest BCUT2D eigenvalue weighted by Gasteiger charge is -2.14. The summed E-state index contributed by atoms with van der Waals surface area (Å²) < 4.78 is 13.1. The summed E-state index contributed by atoms with van der Waals surface area (Å²) in [5, 5.41) is 12.8. The van der Waals surface area contributed by atoms with Crippen molar-refractivity contribution >= 4 is 22.9 Å². The van der Waals surface area contributed by atoms with Gasteiger partial charge in [-0.3, -0.25) is 9.36 Å². The average Bonchev–Trinajstić information content (AvgIpc) is 3.31. The van der Waals surface area contributed by atoms with Crippen LogP contribution in [0.4, 0.5) is 5.82 Å². The molecule has 9 heteroatoms. The molecule has 1 amide bonds. The van der Waals surface area contributed by atoms with Gasteiger partial charge in [-0.1, -0.05) is 25.1 Å². The van der Waals surface area contributed by atoms with Crippen LogP contribution in [0.25, 0.3) is 11.2 Å². The van der Waals surface area contributed by atoms with Crippen LogP contribution in [0, 0.1) is 0 Å². The Labute approximate surface area is 161 Å². The van der Waals surface area contributed by atoms with Crippen LogP contribution in [-0.2, 0) is 9.53 Å². The van der Waals surface area contributed by atoms with Crippen LogP contribution in [0.1, 0.15) is 26.0 Å². The van der Waals surface area contributed by atoms with Gasteiger partial charge in [-0.25, -0.2) is 15.0 Å². The van der Waals surface area contributed by atoms with Gasteiger partial charge >= 0.3 is 0 Å². The second-order valence-electron chi connectivity index (χ2n) is 6.54. The number of nitrogens with one attached hydrogen (secondary N) is 1. The molecule has 0 bridgehead atoms. The standard InChI is InChI=1S/C19H21N5O4/c1-2-14-13(25)8-16(28-14)24-11-22-17-18(20-10-21-19(17)24)23-15(26)9-27-12-6-4-3-5-7-12/h3-7,10-11,13-14,16,25H,2,8-9H2,1H3,(H,20,21,23,26)/t13?,14-,16-/m1/s1. The third kappa shape index (κ3) is 3.67. The molecule has 1 unspecified atom stereocenters. The van der Waals surface area contributed by atoms with Gasteiger partial charge in [0.2, 0.25) is 0 Å². The highest BCUT2D eigenvalue weighted by Crippen LogP contribution is 2.32. The first-order valence-electron chi connectivity index (χ1n) is 9.14. The van der Waals surface area contributed by atoms with E-state index in [1.54, 1.807) is 23.0 Å². The molecule has 2 aromatic heterocycles. The molecule has 0 spiro atoms.